The third-order valence-corrected chi connectivity index (χ3v) is 7.13. The summed E-state index contributed by atoms with van der Waals surface area (Å²) in [6.07, 6.45) is 1.93. The highest BCUT2D eigenvalue weighted by molar-refractivity contribution is 7.18. The van der Waals surface area contributed by atoms with Crippen LogP contribution in [0.5, 0.6) is 0 Å². The molecule has 0 unspecified atom stereocenters. The molecule has 0 aliphatic carbocycles. The molecule has 2 aromatic carbocycles. The fourth-order valence-electron chi connectivity index (χ4n) is 4.11. The first-order valence-corrected chi connectivity index (χ1v) is 11.7. The molecular formula is C24H23ClN4OS. The summed E-state index contributed by atoms with van der Waals surface area (Å²) < 4.78 is 1.11. The molecule has 5 nitrogen and oxygen atoms in total. The average molecular weight is 451 g/mol. The Labute approximate surface area is 190 Å². The number of para-hydroxylation sites is 2. The summed E-state index contributed by atoms with van der Waals surface area (Å²) in [5.74, 6) is 0.642. The van der Waals surface area contributed by atoms with Crippen LogP contribution in [-0.4, -0.2) is 42.0 Å². The van der Waals surface area contributed by atoms with Crippen molar-refractivity contribution in [2.75, 3.05) is 25.5 Å². The second kappa shape index (κ2) is 8.46. The molecule has 31 heavy (non-hydrogen) atoms. The molecule has 1 aliphatic heterocycles. The molecule has 158 valence electrons. The number of carbonyl (C=O) groups is 1. The van der Waals surface area contributed by atoms with Gasteiger partial charge in [-0.3, -0.25) is 4.79 Å². The van der Waals surface area contributed by atoms with Crippen LogP contribution in [0.15, 0.2) is 53.9 Å². The van der Waals surface area contributed by atoms with Gasteiger partial charge in [0.2, 0.25) is 0 Å². The fraction of sp³-hybridized carbons (Fsp3) is 0.250. The zero-order chi connectivity index (χ0) is 21.4. The van der Waals surface area contributed by atoms with Crippen molar-refractivity contribution in [3.8, 4) is 0 Å². The average Bonchev–Trinajstić information content (AvgIpc) is 3.27. The van der Waals surface area contributed by atoms with E-state index in [-0.39, 0.29) is 11.9 Å². The molecule has 2 N–H and O–H groups in total. The van der Waals surface area contributed by atoms with E-state index < -0.39 is 0 Å². The Morgan fingerprint density at radius 1 is 1.10 bits per heavy atom. The van der Waals surface area contributed by atoms with Gasteiger partial charge in [-0.05, 0) is 62.6 Å². The quantitative estimate of drug-likeness (QED) is 0.420. The number of nitrogens with zero attached hydrogens (tertiary/aromatic N) is 2. The number of likely N-dealkylation sites (tertiary alicyclic amines) is 1. The first-order valence-electron chi connectivity index (χ1n) is 10.4. The number of halogens is 1. The number of fused-ring (bicyclic) bond motifs is 3. The number of hydrogen-bond acceptors (Lipinski definition) is 5. The Bertz CT molecular complexity index is 1260. The molecule has 3 heterocycles. The predicted octanol–water partition coefficient (Wildman–Crippen LogP) is 5.67. The maximum absolute atomic E-state index is 13.2. The monoisotopic (exact) mass is 450 g/mol. The van der Waals surface area contributed by atoms with Gasteiger partial charge in [0, 0.05) is 21.5 Å². The van der Waals surface area contributed by atoms with Gasteiger partial charge in [-0.2, -0.15) is 0 Å². The fourth-order valence-corrected chi connectivity index (χ4v) is 5.21. The standard InChI is InChI=1S/C24H23ClN4OS/c1-29-12-9-15(10-13-29)26-24(30)17-6-4-5-16-21(17)28-23(18-11-14-31-22(16)18)27-20-8-3-2-7-19(20)25/h2-8,11,14-15H,9-10,12-13H2,1H3,(H,26,30)(H,27,28). The SMILES string of the molecule is CN1CCC(NC(=O)c2cccc3c2nc(Nc2ccccc2Cl)c2ccsc23)CC1. The Hall–Kier alpha value is -2.67. The van der Waals surface area contributed by atoms with Gasteiger partial charge in [0.05, 0.1) is 21.8 Å². The van der Waals surface area contributed by atoms with Crippen LogP contribution >= 0.6 is 22.9 Å². The first kappa shape index (κ1) is 20.2. The van der Waals surface area contributed by atoms with Crippen LogP contribution in [0.3, 0.4) is 0 Å². The summed E-state index contributed by atoms with van der Waals surface area (Å²) >= 11 is 8.01. The molecule has 1 amide bonds. The summed E-state index contributed by atoms with van der Waals surface area (Å²) in [5.41, 5.74) is 2.10. The third-order valence-electron chi connectivity index (χ3n) is 5.85. The number of piperidine rings is 1. The molecule has 1 aliphatic rings. The number of thiophene rings is 1. The molecule has 4 aromatic rings. The lowest BCUT2D eigenvalue weighted by Crippen LogP contribution is -2.43. The van der Waals surface area contributed by atoms with Gasteiger partial charge in [-0.15, -0.1) is 11.3 Å². The van der Waals surface area contributed by atoms with Gasteiger partial charge in [-0.25, -0.2) is 4.98 Å². The van der Waals surface area contributed by atoms with E-state index in [4.69, 9.17) is 16.6 Å². The number of rotatable bonds is 4. The lowest BCUT2D eigenvalue weighted by molar-refractivity contribution is 0.0918. The molecule has 7 heteroatoms. The van der Waals surface area contributed by atoms with E-state index in [0.29, 0.717) is 21.9 Å². The molecule has 0 bridgehead atoms. The Morgan fingerprint density at radius 2 is 1.90 bits per heavy atom. The lowest BCUT2D eigenvalue weighted by atomic mass is 10.0. The molecule has 0 spiro atoms. The third kappa shape index (κ3) is 3.99. The van der Waals surface area contributed by atoms with E-state index in [2.05, 4.69) is 34.0 Å². The number of carbonyl (C=O) groups excluding carboxylic acids is 1. The minimum atomic E-state index is -0.0627. The van der Waals surface area contributed by atoms with Crippen molar-refractivity contribution in [2.45, 2.75) is 18.9 Å². The lowest BCUT2D eigenvalue weighted by Gasteiger charge is -2.29. The smallest absolute Gasteiger partial charge is 0.253 e. The van der Waals surface area contributed by atoms with Crippen molar-refractivity contribution < 1.29 is 4.79 Å². The summed E-state index contributed by atoms with van der Waals surface area (Å²) in [4.78, 5) is 20.4. The summed E-state index contributed by atoms with van der Waals surface area (Å²) in [6.45, 7) is 2.00. The minimum absolute atomic E-state index is 0.0627. The minimum Gasteiger partial charge on any atom is -0.349 e. The number of hydrogen-bond donors (Lipinski definition) is 2. The maximum atomic E-state index is 13.2. The Balaban J connectivity index is 1.55. The van der Waals surface area contributed by atoms with Crippen LogP contribution in [0.25, 0.3) is 21.0 Å². The van der Waals surface area contributed by atoms with E-state index in [9.17, 15) is 4.79 Å². The molecular weight excluding hydrogens is 428 g/mol. The van der Waals surface area contributed by atoms with Gasteiger partial charge in [-0.1, -0.05) is 35.9 Å². The van der Waals surface area contributed by atoms with Gasteiger partial charge >= 0.3 is 0 Å². The number of pyridine rings is 1. The second-order valence-electron chi connectivity index (χ2n) is 7.98. The first-order chi connectivity index (χ1) is 15.1. The van der Waals surface area contributed by atoms with Crippen LogP contribution in [0.2, 0.25) is 5.02 Å². The van der Waals surface area contributed by atoms with Crippen molar-refractivity contribution in [1.29, 1.82) is 0 Å². The zero-order valence-corrected chi connectivity index (χ0v) is 18.8. The number of amides is 1. The highest BCUT2D eigenvalue weighted by atomic mass is 35.5. The molecule has 0 saturated carbocycles. The van der Waals surface area contributed by atoms with Gasteiger partial charge in [0.1, 0.15) is 5.82 Å². The maximum Gasteiger partial charge on any atom is 0.253 e. The number of nitrogens with one attached hydrogen (secondary N) is 2. The van der Waals surface area contributed by atoms with E-state index in [1.807, 2.05) is 42.5 Å². The van der Waals surface area contributed by atoms with Crippen LogP contribution < -0.4 is 10.6 Å². The molecule has 5 rings (SSSR count). The van der Waals surface area contributed by atoms with E-state index in [0.717, 1.165) is 47.1 Å². The highest BCUT2D eigenvalue weighted by Gasteiger charge is 2.22. The topological polar surface area (TPSA) is 57.3 Å². The molecule has 0 radical (unpaired) electrons. The number of aromatic nitrogens is 1. The zero-order valence-electron chi connectivity index (χ0n) is 17.2. The predicted molar refractivity (Wildman–Crippen MR) is 130 cm³/mol. The molecule has 2 aromatic heterocycles. The van der Waals surface area contributed by atoms with Crippen LogP contribution in [-0.2, 0) is 0 Å². The van der Waals surface area contributed by atoms with E-state index >= 15 is 0 Å². The van der Waals surface area contributed by atoms with E-state index in [1.165, 1.54) is 0 Å². The number of benzene rings is 2. The Morgan fingerprint density at radius 3 is 2.71 bits per heavy atom. The second-order valence-corrected chi connectivity index (χ2v) is 9.30. The summed E-state index contributed by atoms with van der Waals surface area (Å²) in [5, 5.41) is 11.3. The van der Waals surface area contributed by atoms with Gasteiger partial charge in [0.25, 0.3) is 5.91 Å². The summed E-state index contributed by atoms with van der Waals surface area (Å²) in [6, 6.07) is 15.7. The van der Waals surface area contributed by atoms with Gasteiger partial charge in [0.15, 0.2) is 0 Å². The van der Waals surface area contributed by atoms with Crippen molar-refractivity contribution in [2.24, 2.45) is 0 Å². The van der Waals surface area contributed by atoms with Crippen LogP contribution in [0, 0.1) is 0 Å². The van der Waals surface area contributed by atoms with E-state index in [1.54, 1.807) is 11.3 Å². The van der Waals surface area contributed by atoms with Crippen LogP contribution in [0.1, 0.15) is 23.2 Å². The normalized spacial score (nSPS) is 15.4. The van der Waals surface area contributed by atoms with Crippen molar-refractivity contribution in [3.63, 3.8) is 0 Å². The van der Waals surface area contributed by atoms with Crippen molar-refractivity contribution >= 4 is 61.3 Å². The largest absolute Gasteiger partial charge is 0.349 e. The molecule has 0 atom stereocenters. The van der Waals surface area contributed by atoms with Gasteiger partial charge < -0.3 is 15.5 Å². The van der Waals surface area contributed by atoms with Crippen molar-refractivity contribution in [1.82, 2.24) is 15.2 Å². The Kier molecular flexibility index (Phi) is 5.52. The highest BCUT2D eigenvalue weighted by Crippen LogP contribution is 2.36. The molecule has 1 saturated heterocycles. The number of anilines is 2. The van der Waals surface area contributed by atoms with Crippen LogP contribution in [0.4, 0.5) is 11.5 Å². The van der Waals surface area contributed by atoms with Crippen molar-refractivity contribution in [3.05, 3.63) is 64.5 Å². The molecule has 1 fully saturated rings. The summed E-state index contributed by atoms with van der Waals surface area (Å²) in [7, 11) is 2.12.